The Morgan fingerprint density at radius 1 is 0.566 bits per heavy atom. The highest BCUT2D eigenvalue weighted by Gasteiger charge is 2.61. The lowest BCUT2D eigenvalue weighted by molar-refractivity contribution is -0.0452. The van der Waals surface area contributed by atoms with E-state index in [9.17, 15) is 8.22 Å². The van der Waals surface area contributed by atoms with Crippen molar-refractivity contribution in [2.24, 2.45) is 23.7 Å². The summed E-state index contributed by atoms with van der Waals surface area (Å²) in [6.45, 7) is 11.9. The molecule has 4 saturated carbocycles. The molecule has 0 N–H and O–H groups in total. The Morgan fingerprint density at radius 2 is 1.19 bits per heavy atom. The van der Waals surface area contributed by atoms with E-state index in [2.05, 4.69) is 52.0 Å². The zero-order valence-corrected chi connectivity index (χ0v) is 31.7. The van der Waals surface area contributed by atoms with E-state index in [1.54, 1.807) is 18.7 Å². The van der Waals surface area contributed by atoms with Crippen molar-refractivity contribution in [3.8, 4) is 22.6 Å². The van der Waals surface area contributed by atoms with E-state index in [4.69, 9.17) is 10.2 Å². The highest BCUT2D eigenvalue weighted by molar-refractivity contribution is 5.86. The number of fused-ring (bicyclic) bond motifs is 6. The molecular weight excluding hydrogens is 643 g/mol. The topological polar surface area (TPSA) is 12.5 Å². The molecule has 1 spiro atoms. The number of benzene rings is 5. The van der Waals surface area contributed by atoms with Gasteiger partial charge in [-0.3, -0.25) is 0 Å². The molecule has 0 amide bonds. The van der Waals surface area contributed by atoms with Crippen LogP contribution in [0.2, 0.25) is 0 Å². The molecule has 2 nitrogen and oxygen atoms in total. The first-order valence-electron chi connectivity index (χ1n) is 24.8. The first kappa shape index (κ1) is 23.5. The standard InChI is InChI=1S/C51H53NO/c1-48(2)21-22-49(3,4)44-29-36(16-19-41(44)48)52(35-15-18-39-38-11-7-8-12-40(38)50(5,6)43(39)28-35)37-17-20-47-45(30-37)51(42-13-9-10-14-46(42)53-47)33-24-31-23-32(26-33)27-34(51)25-31/h7-20,28-34H,21-27H2,1-6H3/i7D,8D,11D,12D,15D,16D,18D,19D,28D,29D. The summed E-state index contributed by atoms with van der Waals surface area (Å²) < 4.78 is 102. The van der Waals surface area contributed by atoms with E-state index in [-0.39, 0.29) is 81.8 Å². The first-order valence-corrected chi connectivity index (χ1v) is 19.8. The van der Waals surface area contributed by atoms with Crippen LogP contribution in [0.5, 0.6) is 11.5 Å². The average molecular weight is 706 g/mol. The minimum Gasteiger partial charge on any atom is -0.457 e. The fourth-order valence-corrected chi connectivity index (χ4v) is 12.1. The van der Waals surface area contributed by atoms with Gasteiger partial charge in [0.1, 0.15) is 11.5 Å². The van der Waals surface area contributed by atoms with Crippen molar-refractivity contribution in [3.05, 3.63) is 136 Å². The van der Waals surface area contributed by atoms with Crippen LogP contribution in [0, 0.1) is 23.7 Å². The van der Waals surface area contributed by atoms with Gasteiger partial charge in [-0.25, -0.2) is 0 Å². The van der Waals surface area contributed by atoms with E-state index in [0.29, 0.717) is 46.0 Å². The summed E-state index contributed by atoms with van der Waals surface area (Å²) in [6, 6.07) is 12.0. The quantitative estimate of drug-likeness (QED) is 0.185. The summed E-state index contributed by atoms with van der Waals surface area (Å²) in [5.74, 6) is 3.70. The Morgan fingerprint density at radius 3 is 1.94 bits per heavy atom. The predicted molar refractivity (Wildman–Crippen MR) is 218 cm³/mol. The number of rotatable bonds is 3. The summed E-state index contributed by atoms with van der Waals surface area (Å²) in [5, 5.41) is 0. The summed E-state index contributed by atoms with van der Waals surface area (Å²) in [7, 11) is 0. The molecule has 7 aliphatic rings. The van der Waals surface area contributed by atoms with Gasteiger partial charge in [0.05, 0.1) is 13.7 Å². The van der Waals surface area contributed by atoms with Crippen LogP contribution in [0.15, 0.2) is 103 Å². The zero-order chi connectivity index (χ0) is 44.8. The molecule has 5 aromatic carbocycles. The third-order valence-corrected chi connectivity index (χ3v) is 14.6. The van der Waals surface area contributed by atoms with Gasteiger partial charge in [0, 0.05) is 39.0 Å². The van der Waals surface area contributed by atoms with Crippen molar-refractivity contribution in [2.75, 3.05) is 4.90 Å². The van der Waals surface area contributed by atoms with Gasteiger partial charge in [0.15, 0.2) is 0 Å². The maximum Gasteiger partial charge on any atom is 0.131 e. The molecule has 1 heterocycles. The van der Waals surface area contributed by atoms with E-state index >= 15 is 0 Å². The number of para-hydroxylation sites is 1. The lowest BCUT2D eigenvalue weighted by Crippen LogP contribution is -2.57. The summed E-state index contributed by atoms with van der Waals surface area (Å²) >= 11 is 0. The molecular formula is C51H53NO. The van der Waals surface area contributed by atoms with Gasteiger partial charge in [-0.1, -0.05) is 96.0 Å². The van der Waals surface area contributed by atoms with Gasteiger partial charge in [-0.15, -0.1) is 0 Å². The molecule has 4 fully saturated rings. The fourth-order valence-electron chi connectivity index (χ4n) is 12.1. The molecule has 268 valence electrons. The number of hydrogen-bond donors (Lipinski definition) is 0. The van der Waals surface area contributed by atoms with Crippen molar-refractivity contribution in [1.82, 2.24) is 0 Å². The zero-order valence-electron chi connectivity index (χ0n) is 41.7. The molecule has 0 saturated heterocycles. The molecule has 1 aliphatic heterocycles. The van der Waals surface area contributed by atoms with E-state index in [0.717, 1.165) is 55.6 Å². The molecule has 0 unspecified atom stereocenters. The van der Waals surface area contributed by atoms with Crippen molar-refractivity contribution in [3.63, 3.8) is 0 Å². The van der Waals surface area contributed by atoms with Crippen LogP contribution >= 0.6 is 0 Å². The molecule has 0 aromatic heterocycles. The second-order valence-electron chi connectivity index (χ2n) is 18.9. The van der Waals surface area contributed by atoms with Crippen molar-refractivity contribution >= 4 is 17.1 Å². The smallest absolute Gasteiger partial charge is 0.131 e. The summed E-state index contributed by atoms with van der Waals surface area (Å²) in [6.07, 6.45) is 7.29. The maximum atomic E-state index is 10.2. The Hall–Kier alpha value is -4.30. The SMILES string of the molecule is [2H]c1c([2H])c([2H])c2c(c1[2H])-c1c([2H])c([2H])c(N(c3ccc4c(c3)C3(c5ccccc5O4)C4CC5CC(C4)CC3C5)c3c([2H])c([2H])c4c(c3[2H])C(C)(C)CCC4(C)C)c([2H])c1C2(C)C. The molecule has 0 radical (unpaired) electrons. The minimum absolute atomic E-state index is 0.00760. The number of ether oxygens (including phenoxy) is 1. The van der Waals surface area contributed by atoms with Crippen molar-refractivity contribution in [1.29, 1.82) is 0 Å². The summed E-state index contributed by atoms with van der Waals surface area (Å²) in [5.41, 5.74) is 2.35. The summed E-state index contributed by atoms with van der Waals surface area (Å²) in [4.78, 5) is 1.64. The molecule has 53 heavy (non-hydrogen) atoms. The largest absolute Gasteiger partial charge is 0.457 e. The van der Waals surface area contributed by atoms with Crippen LogP contribution in [0.4, 0.5) is 17.1 Å². The van der Waals surface area contributed by atoms with E-state index in [1.807, 2.05) is 18.2 Å². The maximum absolute atomic E-state index is 10.2. The Kier molecular flexibility index (Phi) is 4.73. The highest BCUT2D eigenvalue weighted by atomic mass is 16.5. The molecule has 4 bridgehead atoms. The Labute approximate surface area is 330 Å². The van der Waals surface area contributed by atoms with Gasteiger partial charge < -0.3 is 9.64 Å². The molecule has 6 aliphatic carbocycles. The van der Waals surface area contributed by atoms with Gasteiger partial charge in [0.25, 0.3) is 0 Å². The number of hydrogen-bond acceptors (Lipinski definition) is 2. The predicted octanol–water partition coefficient (Wildman–Crippen LogP) is 13.7. The first-order chi connectivity index (χ1) is 29.6. The third-order valence-electron chi connectivity index (χ3n) is 14.6. The van der Waals surface area contributed by atoms with Crippen LogP contribution < -0.4 is 9.64 Å². The monoisotopic (exact) mass is 705 g/mol. The van der Waals surface area contributed by atoms with Crippen molar-refractivity contribution in [2.45, 2.75) is 108 Å². The normalized spacial score (nSPS) is 31.0. The highest BCUT2D eigenvalue weighted by Crippen LogP contribution is 2.69. The molecule has 2 heteroatoms. The Bertz CT molecular complexity index is 2870. The Balaban J connectivity index is 1.24. The second-order valence-corrected chi connectivity index (χ2v) is 18.9. The third kappa shape index (κ3) is 4.33. The fraction of sp³-hybridized carbons (Fsp3) is 0.412. The van der Waals surface area contributed by atoms with E-state index in [1.165, 1.54) is 12.0 Å². The lowest BCUT2D eigenvalue weighted by Gasteiger charge is -2.63. The lowest BCUT2D eigenvalue weighted by atomic mass is 9.42. The average Bonchev–Trinajstić information content (AvgIpc) is 3.49. The minimum atomic E-state index is -1.18. The van der Waals surface area contributed by atoms with Crippen LogP contribution in [-0.2, 0) is 21.7 Å². The van der Waals surface area contributed by atoms with E-state index < -0.39 is 28.3 Å². The molecule has 12 rings (SSSR count). The second kappa shape index (κ2) is 10.7. The molecule has 0 atom stereocenters. The van der Waals surface area contributed by atoms with Gasteiger partial charge in [-0.2, -0.15) is 0 Å². The van der Waals surface area contributed by atoms with Gasteiger partial charge in [0.2, 0.25) is 0 Å². The van der Waals surface area contributed by atoms with Gasteiger partial charge >= 0.3 is 0 Å². The van der Waals surface area contributed by atoms with Crippen molar-refractivity contribution < 1.29 is 18.4 Å². The van der Waals surface area contributed by atoms with Crippen LogP contribution in [0.25, 0.3) is 11.1 Å². The van der Waals surface area contributed by atoms with Crippen LogP contribution in [-0.4, -0.2) is 0 Å². The number of anilines is 3. The number of nitrogens with zero attached hydrogens (tertiary/aromatic N) is 1. The molecule has 5 aromatic rings. The van der Waals surface area contributed by atoms with Gasteiger partial charge in [-0.05, 0) is 161 Å². The van der Waals surface area contributed by atoms with Crippen LogP contribution in [0.1, 0.15) is 134 Å². The van der Waals surface area contributed by atoms with Crippen LogP contribution in [0.3, 0.4) is 0 Å².